The minimum Gasteiger partial charge on any atom is -0.495 e. The number of nitrogens with one attached hydrogen (secondary N) is 1. The molecule has 0 aliphatic heterocycles. The monoisotopic (exact) mass is 266 g/mol. The number of rotatable bonds is 4. The Balaban J connectivity index is 2.11. The minimum atomic E-state index is -0.216. The van der Waals surface area contributed by atoms with Crippen LogP contribution in [-0.2, 0) is 0 Å². The molecule has 0 radical (unpaired) electrons. The van der Waals surface area contributed by atoms with Crippen LogP contribution in [-0.4, -0.2) is 33.3 Å². The Labute approximate surface area is 114 Å². The van der Waals surface area contributed by atoms with Crippen molar-refractivity contribution in [3.05, 3.63) is 24.0 Å². The summed E-state index contributed by atoms with van der Waals surface area (Å²) in [7, 11) is 5.68. The van der Waals surface area contributed by atoms with Gasteiger partial charge in [-0.3, -0.25) is 0 Å². The van der Waals surface area contributed by atoms with Gasteiger partial charge in [0.05, 0.1) is 12.8 Å². The zero-order valence-electron chi connectivity index (χ0n) is 11.9. The largest absolute Gasteiger partial charge is 0.495 e. The van der Waals surface area contributed by atoms with Crippen molar-refractivity contribution in [3.8, 4) is 5.75 Å². The van der Waals surface area contributed by atoms with Crippen molar-refractivity contribution < 1.29 is 9.13 Å². The Morgan fingerprint density at radius 2 is 1.95 bits per heavy atom. The molecule has 1 saturated carbocycles. The SMILES string of the molecule is CNC1CCC(N(C)c2cc(F)ccc2OC)CC1. The molecular weight excluding hydrogens is 243 g/mol. The summed E-state index contributed by atoms with van der Waals surface area (Å²) in [6.07, 6.45) is 4.59. The van der Waals surface area contributed by atoms with E-state index in [-0.39, 0.29) is 5.82 Å². The maximum absolute atomic E-state index is 13.4. The fourth-order valence-corrected chi connectivity index (χ4v) is 2.89. The molecule has 0 bridgehead atoms. The maximum Gasteiger partial charge on any atom is 0.142 e. The maximum atomic E-state index is 13.4. The van der Waals surface area contributed by atoms with E-state index in [4.69, 9.17) is 4.74 Å². The summed E-state index contributed by atoms with van der Waals surface area (Å²) >= 11 is 0. The zero-order chi connectivity index (χ0) is 13.8. The van der Waals surface area contributed by atoms with Crippen LogP contribution in [0.3, 0.4) is 0 Å². The van der Waals surface area contributed by atoms with Gasteiger partial charge in [-0.2, -0.15) is 0 Å². The van der Waals surface area contributed by atoms with Gasteiger partial charge in [-0.1, -0.05) is 0 Å². The normalized spacial score (nSPS) is 23.2. The van der Waals surface area contributed by atoms with Crippen molar-refractivity contribution in [1.82, 2.24) is 5.32 Å². The average Bonchev–Trinajstić information content (AvgIpc) is 2.46. The van der Waals surface area contributed by atoms with E-state index in [0.717, 1.165) is 24.3 Å². The summed E-state index contributed by atoms with van der Waals surface area (Å²) in [6, 6.07) is 5.77. The highest BCUT2D eigenvalue weighted by Crippen LogP contribution is 2.33. The van der Waals surface area contributed by atoms with Gasteiger partial charge in [-0.05, 0) is 44.9 Å². The molecule has 0 aromatic heterocycles. The zero-order valence-corrected chi connectivity index (χ0v) is 11.9. The molecule has 1 aliphatic rings. The second-order valence-electron chi connectivity index (χ2n) is 5.22. The highest BCUT2D eigenvalue weighted by Gasteiger charge is 2.24. The molecular formula is C15H23FN2O. The summed E-state index contributed by atoms with van der Waals surface area (Å²) in [4.78, 5) is 2.16. The van der Waals surface area contributed by atoms with Crippen molar-refractivity contribution in [2.45, 2.75) is 37.8 Å². The van der Waals surface area contributed by atoms with Gasteiger partial charge in [-0.15, -0.1) is 0 Å². The van der Waals surface area contributed by atoms with Gasteiger partial charge in [0.25, 0.3) is 0 Å². The fraction of sp³-hybridized carbons (Fsp3) is 0.600. The molecule has 2 rings (SSSR count). The quantitative estimate of drug-likeness (QED) is 0.907. The Bertz CT molecular complexity index is 417. The van der Waals surface area contributed by atoms with E-state index in [2.05, 4.69) is 10.2 Å². The third-order valence-electron chi connectivity index (χ3n) is 4.17. The molecule has 0 amide bonds. The smallest absolute Gasteiger partial charge is 0.142 e. The average molecular weight is 266 g/mol. The molecule has 0 saturated heterocycles. The van der Waals surface area contributed by atoms with Gasteiger partial charge in [0.1, 0.15) is 11.6 Å². The summed E-state index contributed by atoms with van der Waals surface area (Å²) in [5.41, 5.74) is 0.843. The molecule has 0 heterocycles. The van der Waals surface area contributed by atoms with E-state index in [9.17, 15) is 4.39 Å². The molecule has 19 heavy (non-hydrogen) atoms. The summed E-state index contributed by atoms with van der Waals surface area (Å²) in [5, 5.41) is 3.33. The molecule has 106 valence electrons. The Hall–Kier alpha value is -1.29. The van der Waals surface area contributed by atoms with Crippen LogP contribution in [0.1, 0.15) is 25.7 Å². The molecule has 1 aliphatic carbocycles. The van der Waals surface area contributed by atoms with Crippen molar-refractivity contribution in [2.24, 2.45) is 0 Å². The van der Waals surface area contributed by atoms with Crippen LogP contribution < -0.4 is 15.0 Å². The van der Waals surface area contributed by atoms with Crippen LogP contribution in [0.4, 0.5) is 10.1 Å². The number of nitrogens with zero attached hydrogens (tertiary/aromatic N) is 1. The fourth-order valence-electron chi connectivity index (χ4n) is 2.89. The summed E-state index contributed by atoms with van der Waals surface area (Å²) < 4.78 is 18.8. The first-order valence-electron chi connectivity index (χ1n) is 6.89. The molecule has 4 heteroatoms. The van der Waals surface area contributed by atoms with Gasteiger partial charge >= 0.3 is 0 Å². The number of benzene rings is 1. The Morgan fingerprint density at radius 3 is 2.53 bits per heavy atom. The number of ether oxygens (including phenoxy) is 1. The van der Waals surface area contributed by atoms with E-state index >= 15 is 0 Å². The van der Waals surface area contributed by atoms with Crippen molar-refractivity contribution >= 4 is 5.69 Å². The van der Waals surface area contributed by atoms with E-state index in [1.807, 2.05) is 14.1 Å². The lowest BCUT2D eigenvalue weighted by Gasteiger charge is -2.36. The number of hydrogen-bond acceptors (Lipinski definition) is 3. The number of methoxy groups -OCH3 is 1. The molecule has 3 nitrogen and oxygen atoms in total. The molecule has 1 N–H and O–H groups in total. The topological polar surface area (TPSA) is 24.5 Å². The number of halogens is 1. The standard InChI is InChI=1S/C15H23FN2O/c1-17-12-5-7-13(8-6-12)18(2)14-10-11(16)4-9-15(14)19-3/h4,9-10,12-13,17H,5-8H2,1-3H3. The van der Waals surface area contributed by atoms with E-state index in [1.54, 1.807) is 19.2 Å². The van der Waals surface area contributed by atoms with Gasteiger partial charge in [0.2, 0.25) is 0 Å². The molecule has 0 atom stereocenters. The van der Waals surface area contributed by atoms with E-state index < -0.39 is 0 Å². The first-order chi connectivity index (χ1) is 9.15. The summed E-state index contributed by atoms with van der Waals surface area (Å²) in [6.45, 7) is 0. The minimum absolute atomic E-state index is 0.216. The van der Waals surface area contributed by atoms with Crippen LogP contribution in [0.25, 0.3) is 0 Å². The summed E-state index contributed by atoms with van der Waals surface area (Å²) in [5.74, 6) is 0.520. The molecule has 1 aromatic rings. The van der Waals surface area contributed by atoms with Crippen LogP contribution in [0.5, 0.6) is 5.75 Å². The van der Waals surface area contributed by atoms with E-state index in [1.165, 1.54) is 18.9 Å². The Kier molecular flexibility index (Phi) is 4.64. The Morgan fingerprint density at radius 1 is 1.26 bits per heavy atom. The highest BCUT2D eigenvalue weighted by molar-refractivity contribution is 5.58. The predicted octanol–water partition coefficient (Wildman–Crippen LogP) is 2.80. The third kappa shape index (κ3) is 3.18. The lowest BCUT2D eigenvalue weighted by Crippen LogP contribution is -2.40. The second-order valence-corrected chi connectivity index (χ2v) is 5.22. The van der Waals surface area contributed by atoms with Gasteiger partial charge in [0, 0.05) is 25.2 Å². The van der Waals surface area contributed by atoms with Crippen molar-refractivity contribution in [3.63, 3.8) is 0 Å². The molecule has 0 spiro atoms. The predicted molar refractivity (Wildman–Crippen MR) is 76.5 cm³/mol. The van der Waals surface area contributed by atoms with Crippen LogP contribution >= 0.6 is 0 Å². The first-order valence-corrected chi connectivity index (χ1v) is 6.89. The van der Waals surface area contributed by atoms with Gasteiger partial charge < -0.3 is 15.0 Å². The first kappa shape index (κ1) is 14.1. The van der Waals surface area contributed by atoms with E-state index in [0.29, 0.717) is 12.1 Å². The second kappa shape index (κ2) is 6.24. The lowest BCUT2D eigenvalue weighted by molar-refractivity contribution is 0.348. The molecule has 1 aromatic carbocycles. The van der Waals surface area contributed by atoms with Crippen LogP contribution in [0.15, 0.2) is 18.2 Å². The lowest BCUT2D eigenvalue weighted by atomic mass is 9.90. The number of hydrogen-bond donors (Lipinski definition) is 1. The van der Waals surface area contributed by atoms with Crippen LogP contribution in [0.2, 0.25) is 0 Å². The molecule has 1 fully saturated rings. The highest BCUT2D eigenvalue weighted by atomic mass is 19.1. The van der Waals surface area contributed by atoms with Crippen molar-refractivity contribution in [1.29, 1.82) is 0 Å². The van der Waals surface area contributed by atoms with Gasteiger partial charge in [-0.25, -0.2) is 4.39 Å². The number of anilines is 1. The third-order valence-corrected chi connectivity index (χ3v) is 4.17. The molecule has 0 unspecified atom stereocenters. The van der Waals surface area contributed by atoms with Gasteiger partial charge in [0.15, 0.2) is 0 Å². The van der Waals surface area contributed by atoms with Crippen molar-refractivity contribution in [2.75, 3.05) is 26.1 Å². The van der Waals surface area contributed by atoms with Crippen LogP contribution in [0, 0.1) is 5.82 Å².